The number of hydrogen-bond donors (Lipinski definition) is 2. The van der Waals surface area contributed by atoms with Gasteiger partial charge in [-0.15, -0.1) is 0 Å². The lowest BCUT2D eigenvalue weighted by Crippen LogP contribution is -2.48. The molecule has 0 bridgehead atoms. The summed E-state index contributed by atoms with van der Waals surface area (Å²) in [6.07, 6.45) is 7.73. The molecule has 0 spiro atoms. The Morgan fingerprint density at radius 1 is 1.19 bits per heavy atom. The lowest BCUT2D eigenvalue weighted by Gasteiger charge is -2.35. The van der Waals surface area contributed by atoms with E-state index >= 15 is 0 Å². The number of benzene rings is 2. The summed E-state index contributed by atoms with van der Waals surface area (Å²) in [5.74, 6) is 1.86. The number of aromatic nitrogens is 2. The predicted octanol–water partition coefficient (Wildman–Crippen LogP) is 4.08. The zero-order chi connectivity index (χ0) is 22.1. The average molecular weight is 431 g/mol. The Morgan fingerprint density at radius 3 is 2.88 bits per heavy atom. The van der Waals surface area contributed by atoms with Crippen molar-refractivity contribution in [1.82, 2.24) is 15.3 Å². The van der Waals surface area contributed by atoms with E-state index in [0.717, 1.165) is 48.1 Å². The van der Waals surface area contributed by atoms with Crippen molar-refractivity contribution in [3.8, 4) is 11.5 Å². The fraction of sp³-hybridized carbons (Fsp3) is 0.320. The summed E-state index contributed by atoms with van der Waals surface area (Å²) in [5, 5.41) is 7.29. The number of nitrogens with one attached hydrogen (secondary N) is 2. The topological polar surface area (TPSA) is 85.4 Å². The third kappa shape index (κ3) is 3.86. The molecule has 0 saturated heterocycles. The molecule has 0 radical (unpaired) electrons. The molecule has 1 fully saturated rings. The van der Waals surface area contributed by atoms with Crippen LogP contribution >= 0.6 is 0 Å². The molecule has 0 aliphatic heterocycles. The second-order valence-corrected chi connectivity index (χ2v) is 8.29. The van der Waals surface area contributed by atoms with Crippen LogP contribution in [0.1, 0.15) is 30.4 Å². The summed E-state index contributed by atoms with van der Waals surface area (Å²) in [7, 11) is 1.62. The van der Waals surface area contributed by atoms with E-state index in [1.165, 1.54) is 23.6 Å². The highest BCUT2D eigenvalue weighted by molar-refractivity contribution is 5.93. The van der Waals surface area contributed by atoms with E-state index < -0.39 is 0 Å². The first-order chi connectivity index (χ1) is 15.6. The van der Waals surface area contributed by atoms with Crippen molar-refractivity contribution in [2.24, 2.45) is 0 Å². The third-order valence-electron chi connectivity index (χ3n) is 6.24. The number of methoxy groups -OCH3 is 1. The maximum absolute atomic E-state index is 11.5. The molecule has 2 aliphatic rings. The number of carbonyl (C=O) groups is 1. The summed E-state index contributed by atoms with van der Waals surface area (Å²) < 4.78 is 11.8. The molecule has 0 unspecified atom stereocenters. The Morgan fingerprint density at radius 2 is 2.06 bits per heavy atom. The molecule has 1 heterocycles. The van der Waals surface area contributed by atoms with E-state index in [9.17, 15) is 4.79 Å². The quantitative estimate of drug-likeness (QED) is 0.550. The molecule has 1 aromatic heterocycles. The van der Waals surface area contributed by atoms with Crippen LogP contribution in [0.3, 0.4) is 0 Å². The van der Waals surface area contributed by atoms with Gasteiger partial charge in [-0.2, -0.15) is 0 Å². The highest BCUT2D eigenvalue weighted by atomic mass is 16.5. The van der Waals surface area contributed by atoms with Crippen molar-refractivity contribution >= 4 is 28.3 Å². The van der Waals surface area contributed by atoms with Gasteiger partial charge in [0.2, 0.25) is 5.91 Å². The van der Waals surface area contributed by atoms with Gasteiger partial charge >= 0.3 is 0 Å². The lowest BCUT2D eigenvalue weighted by atomic mass is 9.89. The number of ether oxygens (including phenoxy) is 2. The smallest absolute Gasteiger partial charge is 0.243 e. The summed E-state index contributed by atoms with van der Waals surface area (Å²) in [5.41, 5.74) is 4.65. The first-order valence-electron chi connectivity index (χ1n) is 10.9. The Balaban J connectivity index is 1.41. The zero-order valence-electron chi connectivity index (χ0n) is 18.1. The molecule has 1 amide bonds. The minimum Gasteiger partial charge on any atom is -0.493 e. The van der Waals surface area contributed by atoms with Crippen LogP contribution in [-0.4, -0.2) is 35.1 Å². The standard InChI is InChI=1S/C25H26N4O3/c1-3-24(30)28-16-10-17(11-16)32-23-12-19-21(13-22(23)31-2)26-14-27-25(19)29-20-9-5-7-15-6-4-8-18(15)20/h3,5,7,9,12-14,16-17H,1,4,6,8,10-11H2,2H3,(H,28,30)(H,26,27,29). The van der Waals surface area contributed by atoms with E-state index in [0.29, 0.717) is 11.5 Å². The van der Waals surface area contributed by atoms with E-state index in [2.05, 4.69) is 45.4 Å². The number of carbonyl (C=O) groups excluding carboxylic acids is 1. The van der Waals surface area contributed by atoms with Gasteiger partial charge in [0.1, 0.15) is 18.2 Å². The Bertz CT molecular complexity index is 1190. The summed E-state index contributed by atoms with van der Waals surface area (Å²) >= 11 is 0. The first-order valence-corrected chi connectivity index (χ1v) is 10.9. The molecule has 3 aromatic rings. The molecule has 1 saturated carbocycles. The monoisotopic (exact) mass is 430 g/mol. The van der Waals surface area contributed by atoms with Gasteiger partial charge < -0.3 is 20.1 Å². The maximum Gasteiger partial charge on any atom is 0.243 e. The summed E-state index contributed by atoms with van der Waals surface area (Å²) in [4.78, 5) is 20.4. The summed E-state index contributed by atoms with van der Waals surface area (Å²) in [6.45, 7) is 3.49. The van der Waals surface area contributed by atoms with E-state index in [1.807, 2.05) is 12.1 Å². The second-order valence-electron chi connectivity index (χ2n) is 8.29. The number of fused-ring (bicyclic) bond motifs is 2. The molecule has 5 rings (SSSR count). The summed E-state index contributed by atoms with van der Waals surface area (Å²) in [6, 6.07) is 10.3. The van der Waals surface area contributed by atoms with Crippen molar-refractivity contribution in [1.29, 1.82) is 0 Å². The number of nitrogens with zero attached hydrogens (tertiary/aromatic N) is 2. The van der Waals surface area contributed by atoms with Crippen LogP contribution in [0.2, 0.25) is 0 Å². The van der Waals surface area contributed by atoms with Gasteiger partial charge in [0.15, 0.2) is 11.5 Å². The highest BCUT2D eigenvalue weighted by Crippen LogP contribution is 2.38. The minimum atomic E-state index is -0.156. The molecular formula is C25H26N4O3. The van der Waals surface area contributed by atoms with Crippen LogP contribution in [0.4, 0.5) is 11.5 Å². The second kappa shape index (κ2) is 8.49. The SMILES string of the molecule is C=CC(=O)NC1CC(Oc2cc3c(Nc4cccc5c4CCC5)ncnc3cc2OC)C1. The Labute approximate surface area is 186 Å². The molecule has 7 nitrogen and oxygen atoms in total. The van der Waals surface area contributed by atoms with Gasteiger partial charge in [0, 0.05) is 36.0 Å². The van der Waals surface area contributed by atoms with Crippen molar-refractivity contribution in [2.75, 3.05) is 12.4 Å². The molecule has 2 aromatic carbocycles. The Hall–Kier alpha value is -3.61. The highest BCUT2D eigenvalue weighted by Gasteiger charge is 2.32. The molecular weight excluding hydrogens is 404 g/mol. The van der Waals surface area contributed by atoms with Crippen LogP contribution in [0.5, 0.6) is 11.5 Å². The van der Waals surface area contributed by atoms with Crippen LogP contribution in [-0.2, 0) is 17.6 Å². The number of amides is 1. The third-order valence-corrected chi connectivity index (χ3v) is 6.24. The number of hydrogen-bond acceptors (Lipinski definition) is 6. The Kier molecular flexibility index (Phi) is 5.39. The van der Waals surface area contributed by atoms with Crippen molar-refractivity contribution in [3.63, 3.8) is 0 Å². The van der Waals surface area contributed by atoms with Crippen LogP contribution in [0.15, 0.2) is 49.3 Å². The van der Waals surface area contributed by atoms with Gasteiger partial charge in [0.05, 0.1) is 12.6 Å². The molecule has 2 aliphatic carbocycles. The lowest BCUT2D eigenvalue weighted by molar-refractivity contribution is -0.118. The number of rotatable bonds is 7. The van der Waals surface area contributed by atoms with Gasteiger partial charge in [-0.25, -0.2) is 9.97 Å². The predicted molar refractivity (Wildman–Crippen MR) is 124 cm³/mol. The van der Waals surface area contributed by atoms with Gasteiger partial charge in [-0.3, -0.25) is 4.79 Å². The van der Waals surface area contributed by atoms with Gasteiger partial charge in [0.25, 0.3) is 0 Å². The fourth-order valence-electron chi connectivity index (χ4n) is 4.50. The van der Waals surface area contributed by atoms with Crippen LogP contribution in [0, 0.1) is 0 Å². The molecule has 0 atom stereocenters. The van der Waals surface area contributed by atoms with Crippen LogP contribution in [0.25, 0.3) is 10.9 Å². The largest absolute Gasteiger partial charge is 0.493 e. The first kappa shape index (κ1) is 20.3. The van der Waals surface area contributed by atoms with E-state index in [4.69, 9.17) is 9.47 Å². The van der Waals surface area contributed by atoms with Crippen molar-refractivity contribution in [3.05, 3.63) is 60.4 Å². The van der Waals surface area contributed by atoms with Gasteiger partial charge in [-0.05, 0) is 48.6 Å². The number of anilines is 2. The molecule has 7 heteroatoms. The van der Waals surface area contributed by atoms with Crippen molar-refractivity contribution < 1.29 is 14.3 Å². The fourth-order valence-corrected chi connectivity index (χ4v) is 4.50. The normalized spacial score (nSPS) is 19.0. The van der Waals surface area contributed by atoms with Crippen molar-refractivity contribution in [2.45, 2.75) is 44.2 Å². The average Bonchev–Trinajstić information content (AvgIpc) is 3.27. The molecule has 164 valence electrons. The van der Waals surface area contributed by atoms with Gasteiger partial charge in [-0.1, -0.05) is 18.7 Å². The zero-order valence-corrected chi connectivity index (χ0v) is 18.1. The van der Waals surface area contributed by atoms with Crippen LogP contribution < -0.4 is 20.1 Å². The number of aryl methyl sites for hydroxylation is 1. The molecule has 32 heavy (non-hydrogen) atoms. The maximum atomic E-state index is 11.5. The van der Waals surface area contributed by atoms with E-state index in [1.54, 1.807) is 13.4 Å². The van der Waals surface area contributed by atoms with E-state index in [-0.39, 0.29) is 18.1 Å². The minimum absolute atomic E-state index is 0.00916. The molecule has 2 N–H and O–H groups in total.